The van der Waals surface area contributed by atoms with Crippen LogP contribution in [0, 0.1) is 0 Å². The molecular formula is C31H31N3O4. The fraction of sp³-hybridized carbons (Fsp3) is 0.226. The van der Waals surface area contributed by atoms with Gasteiger partial charge in [-0.2, -0.15) is 0 Å². The van der Waals surface area contributed by atoms with Gasteiger partial charge in [-0.15, -0.1) is 0 Å². The highest BCUT2D eigenvalue weighted by atomic mass is 16.5. The number of hydrogen-bond acceptors (Lipinski definition) is 5. The van der Waals surface area contributed by atoms with Crippen LogP contribution in [-0.2, 0) is 17.8 Å². The summed E-state index contributed by atoms with van der Waals surface area (Å²) >= 11 is 0. The Morgan fingerprint density at radius 2 is 1.66 bits per heavy atom. The summed E-state index contributed by atoms with van der Waals surface area (Å²) in [5.74, 6) is 2.76. The largest absolute Gasteiger partial charge is 0.493 e. The number of benzene rings is 4. The van der Waals surface area contributed by atoms with E-state index in [1.165, 1.54) is 0 Å². The number of nitrogens with one attached hydrogen (secondary N) is 1. The second-order valence-electron chi connectivity index (χ2n) is 9.09. The van der Waals surface area contributed by atoms with Crippen molar-refractivity contribution in [3.8, 4) is 17.2 Å². The summed E-state index contributed by atoms with van der Waals surface area (Å²) in [7, 11) is 3.17. The van der Waals surface area contributed by atoms with Gasteiger partial charge in [-0.25, -0.2) is 4.98 Å². The van der Waals surface area contributed by atoms with Gasteiger partial charge in [0, 0.05) is 5.39 Å². The molecule has 5 aromatic rings. The number of para-hydroxylation sites is 2. The lowest BCUT2D eigenvalue weighted by Crippen LogP contribution is -2.30. The standard InChI is InChI=1S/C31H31N3O4/c1-21(32-30(35)20-22-15-16-28(36-2)29(19-22)37-3)31-33-25-12-6-7-13-26(25)34(31)17-18-38-27-14-8-10-23-9-4-5-11-24(23)27/h4-16,19,21H,17-18,20H2,1-3H3,(H,32,35). The maximum atomic E-state index is 13.0. The molecule has 0 bridgehead atoms. The van der Waals surface area contributed by atoms with Gasteiger partial charge in [0.25, 0.3) is 0 Å². The first-order valence-electron chi connectivity index (χ1n) is 12.6. The Hall–Kier alpha value is -4.52. The van der Waals surface area contributed by atoms with E-state index in [4.69, 9.17) is 19.2 Å². The van der Waals surface area contributed by atoms with Gasteiger partial charge < -0.3 is 24.1 Å². The summed E-state index contributed by atoms with van der Waals surface area (Å²) in [4.78, 5) is 17.8. The van der Waals surface area contributed by atoms with Crippen LogP contribution in [0.2, 0.25) is 0 Å². The van der Waals surface area contributed by atoms with E-state index in [0.717, 1.165) is 38.9 Å². The molecule has 1 aromatic heterocycles. The second kappa shape index (κ2) is 11.3. The van der Waals surface area contributed by atoms with E-state index in [9.17, 15) is 4.79 Å². The van der Waals surface area contributed by atoms with Crippen molar-refractivity contribution in [2.45, 2.75) is 25.9 Å². The normalized spacial score (nSPS) is 11.9. The number of aromatic nitrogens is 2. The molecule has 194 valence electrons. The summed E-state index contributed by atoms with van der Waals surface area (Å²) in [6.07, 6.45) is 0.217. The molecule has 1 unspecified atom stereocenters. The van der Waals surface area contributed by atoms with Crippen molar-refractivity contribution in [2.75, 3.05) is 20.8 Å². The summed E-state index contributed by atoms with van der Waals surface area (Å²) in [5.41, 5.74) is 2.73. The highest BCUT2D eigenvalue weighted by Crippen LogP contribution is 2.28. The monoisotopic (exact) mass is 509 g/mol. The Morgan fingerprint density at radius 1 is 0.895 bits per heavy atom. The molecule has 7 heteroatoms. The highest BCUT2D eigenvalue weighted by molar-refractivity contribution is 5.88. The fourth-order valence-electron chi connectivity index (χ4n) is 4.76. The number of fused-ring (bicyclic) bond motifs is 2. The van der Waals surface area contributed by atoms with Gasteiger partial charge >= 0.3 is 0 Å². The van der Waals surface area contributed by atoms with Crippen LogP contribution in [0.4, 0.5) is 0 Å². The zero-order valence-electron chi connectivity index (χ0n) is 21.8. The Kier molecular flexibility index (Phi) is 7.45. The molecule has 4 aromatic carbocycles. The Balaban J connectivity index is 1.31. The Morgan fingerprint density at radius 3 is 2.50 bits per heavy atom. The number of hydrogen-bond donors (Lipinski definition) is 1. The number of ether oxygens (including phenoxy) is 3. The Bertz CT molecular complexity index is 1570. The molecule has 0 saturated heterocycles. The van der Waals surface area contributed by atoms with Crippen LogP contribution in [0.25, 0.3) is 21.8 Å². The van der Waals surface area contributed by atoms with E-state index in [2.05, 4.69) is 28.1 Å². The summed E-state index contributed by atoms with van der Waals surface area (Å²) in [5, 5.41) is 5.34. The van der Waals surface area contributed by atoms with Crippen LogP contribution in [-0.4, -0.2) is 36.3 Å². The van der Waals surface area contributed by atoms with E-state index >= 15 is 0 Å². The molecule has 1 atom stereocenters. The van der Waals surface area contributed by atoms with E-state index in [-0.39, 0.29) is 18.4 Å². The molecule has 0 spiro atoms. The quantitative estimate of drug-likeness (QED) is 0.261. The van der Waals surface area contributed by atoms with Crippen molar-refractivity contribution in [3.05, 3.63) is 96.3 Å². The van der Waals surface area contributed by atoms with Crippen molar-refractivity contribution in [3.63, 3.8) is 0 Å². The maximum absolute atomic E-state index is 13.0. The first-order chi connectivity index (χ1) is 18.6. The molecule has 0 saturated carbocycles. The van der Waals surface area contributed by atoms with Gasteiger partial charge in [0.1, 0.15) is 18.2 Å². The number of amides is 1. The minimum atomic E-state index is -0.299. The van der Waals surface area contributed by atoms with Crippen molar-refractivity contribution >= 4 is 27.7 Å². The molecule has 1 amide bonds. The summed E-state index contributed by atoms with van der Waals surface area (Å²) in [6.45, 7) is 3.01. The van der Waals surface area contributed by atoms with Crippen LogP contribution in [0.3, 0.4) is 0 Å². The first-order valence-corrected chi connectivity index (χ1v) is 12.6. The third-order valence-corrected chi connectivity index (χ3v) is 6.58. The average molecular weight is 510 g/mol. The SMILES string of the molecule is COc1ccc(CC(=O)NC(C)c2nc3ccccc3n2CCOc2cccc3ccccc23)cc1OC. The third kappa shape index (κ3) is 5.27. The van der Waals surface area contributed by atoms with Gasteiger partial charge in [-0.3, -0.25) is 4.79 Å². The lowest BCUT2D eigenvalue weighted by molar-refractivity contribution is -0.121. The van der Waals surface area contributed by atoms with Crippen LogP contribution in [0.15, 0.2) is 84.9 Å². The lowest BCUT2D eigenvalue weighted by Gasteiger charge is -2.17. The number of nitrogens with zero attached hydrogens (tertiary/aromatic N) is 2. The van der Waals surface area contributed by atoms with Crippen molar-refractivity contribution in [2.24, 2.45) is 0 Å². The lowest BCUT2D eigenvalue weighted by atomic mass is 10.1. The number of imidazole rings is 1. The zero-order chi connectivity index (χ0) is 26.5. The van der Waals surface area contributed by atoms with Crippen LogP contribution >= 0.6 is 0 Å². The van der Waals surface area contributed by atoms with E-state index in [1.807, 2.05) is 67.6 Å². The number of methoxy groups -OCH3 is 2. The van der Waals surface area contributed by atoms with E-state index < -0.39 is 0 Å². The molecule has 0 aliphatic rings. The summed E-state index contributed by atoms with van der Waals surface area (Å²) in [6, 6.07) is 27.5. The fourth-order valence-corrected chi connectivity index (χ4v) is 4.76. The molecule has 1 heterocycles. The van der Waals surface area contributed by atoms with Gasteiger partial charge in [0.2, 0.25) is 5.91 Å². The third-order valence-electron chi connectivity index (χ3n) is 6.58. The number of carbonyl (C=O) groups is 1. The van der Waals surface area contributed by atoms with E-state index in [0.29, 0.717) is 24.7 Å². The molecule has 0 fully saturated rings. The topological polar surface area (TPSA) is 74.6 Å². The van der Waals surface area contributed by atoms with Crippen molar-refractivity contribution < 1.29 is 19.0 Å². The average Bonchev–Trinajstić information content (AvgIpc) is 3.32. The first kappa shape index (κ1) is 25.1. The molecule has 0 aliphatic heterocycles. The molecule has 7 nitrogen and oxygen atoms in total. The van der Waals surface area contributed by atoms with Gasteiger partial charge in [0.15, 0.2) is 11.5 Å². The van der Waals surface area contributed by atoms with Crippen molar-refractivity contribution in [1.29, 1.82) is 0 Å². The minimum absolute atomic E-state index is 0.102. The van der Waals surface area contributed by atoms with Crippen LogP contribution in [0.5, 0.6) is 17.2 Å². The summed E-state index contributed by atoms with van der Waals surface area (Å²) < 4.78 is 19.0. The van der Waals surface area contributed by atoms with Crippen molar-refractivity contribution in [1.82, 2.24) is 14.9 Å². The molecule has 0 radical (unpaired) electrons. The molecule has 0 aliphatic carbocycles. The van der Waals surface area contributed by atoms with Crippen LogP contribution in [0.1, 0.15) is 24.4 Å². The second-order valence-corrected chi connectivity index (χ2v) is 9.09. The van der Waals surface area contributed by atoms with E-state index in [1.54, 1.807) is 20.3 Å². The Labute approximate surface area is 222 Å². The molecular weight excluding hydrogens is 478 g/mol. The molecule has 1 N–H and O–H groups in total. The maximum Gasteiger partial charge on any atom is 0.224 e. The number of carbonyl (C=O) groups excluding carboxylic acids is 1. The highest BCUT2D eigenvalue weighted by Gasteiger charge is 2.19. The molecule has 38 heavy (non-hydrogen) atoms. The predicted octanol–water partition coefficient (Wildman–Crippen LogP) is 5.71. The minimum Gasteiger partial charge on any atom is -0.493 e. The molecule has 5 rings (SSSR count). The zero-order valence-corrected chi connectivity index (χ0v) is 21.8. The number of rotatable bonds is 10. The van der Waals surface area contributed by atoms with Gasteiger partial charge in [-0.05, 0) is 48.2 Å². The smallest absolute Gasteiger partial charge is 0.224 e. The predicted molar refractivity (Wildman–Crippen MR) is 149 cm³/mol. The van der Waals surface area contributed by atoms with Crippen LogP contribution < -0.4 is 19.5 Å². The van der Waals surface area contributed by atoms with Gasteiger partial charge in [0.05, 0.1) is 44.3 Å². The van der Waals surface area contributed by atoms with Gasteiger partial charge in [-0.1, -0.05) is 54.6 Å².